The molecule has 1 aromatic carbocycles. The van der Waals surface area contributed by atoms with Crippen molar-refractivity contribution in [3.8, 4) is 0 Å². The molecule has 0 saturated heterocycles. The Bertz CT molecular complexity index is 357. The van der Waals surface area contributed by atoms with Crippen molar-refractivity contribution in [1.82, 2.24) is 5.32 Å². The van der Waals surface area contributed by atoms with E-state index in [1.165, 1.54) is 24.9 Å². The molecule has 0 heterocycles. The molecule has 1 fully saturated rings. The summed E-state index contributed by atoms with van der Waals surface area (Å²) in [5.74, 6) is 1.53. The van der Waals surface area contributed by atoms with E-state index in [2.05, 4.69) is 61.7 Å². The Hall–Kier alpha value is -1.02. The van der Waals surface area contributed by atoms with E-state index in [1.54, 1.807) is 0 Å². The maximum absolute atomic E-state index is 3.72. The van der Waals surface area contributed by atoms with E-state index in [0.717, 1.165) is 12.5 Å². The molecule has 106 valence electrons. The van der Waals surface area contributed by atoms with Crippen molar-refractivity contribution in [3.63, 3.8) is 0 Å². The molecule has 2 heteroatoms. The summed E-state index contributed by atoms with van der Waals surface area (Å²) in [7, 11) is 0. The monoisotopic (exact) mass is 260 g/mol. The Morgan fingerprint density at radius 1 is 1.11 bits per heavy atom. The van der Waals surface area contributed by atoms with Gasteiger partial charge in [0.2, 0.25) is 0 Å². The first-order valence-electron chi connectivity index (χ1n) is 7.72. The molecule has 2 atom stereocenters. The van der Waals surface area contributed by atoms with Crippen LogP contribution in [-0.2, 0) is 0 Å². The summed E-state index contributed by atoms with van der Waals surface area (Å²) in [4.78, 5) is 0. The van der Waals surface area contributed by atoms with Crippen molar-refractivity contribution in [2.75, 3.05) is 11.9 Å². The van der Waals surface area contributed by atoms with E-state index in [9.17, 15) is 0 Å². The molecule has 2 nitrogen and oxygen atoms in total. The first-order chi connectivity index (χ1) is 9.16. The number of anilines is 1. The maximum Gasteiger partial charge on any atom is 0.0408 e. The minimum Gasteiger partial charge on any atom is -0.381 e. The third kappa shape index (κ3) is 4.24. The van der Waals surface area contributed by atoms with Crippen LogP contribution in [0.4, 0.5) is 5.69 Å². The smallest absolute Gasteiger partial charge is 0.0408 e. The van der Waals surface area contributed by atoms with Crippen molar-refractivity contribution >= 4 is 5.69 Å². The van der Waals surface area contributed by atoms with E-state index in [-0.39, 0.29) is 0 Å². The van der Waals surface area contributed by atoms with Crippen LogP contribution in [-0.4, -0.2) is 18.6 Å². The van der Waals surface area contributed by atoms with E-state index in [1.807, 2.05) is 0 Å². The Labute approximate surface area is 118 Å². The average molecular weight is 260 g/mol. The molecule has 19 heavy (non-hydrogen) atoms. The minimum atomic E-state index is 0.491. The molecule has 0 aromatic heterocycles. The summed E-state index contributed by atoms with van der Waals surface area (Å²) in [5.41, 5.74) is 1.22. The van der Waals surface area contributed by atoms with E-state index in [0.29, 0.717) is 18.0 Å². The topological polar surface area (TPSA) is 24.1 Å². The van der Waals surface area contributed by atoms with Crippen LogP contribution in [0, 0.1) is 11.8 Å². The normalized spacial score (nSPS) is 18.9. The van der Waals surface area contributed by atoms with Crippen LogP contribution in [0.5, 0.6) is 0 Å². The molecule has 0 bridgehead atoms. The van der Waals surface area contributed by atoms with Gasteiger partial charge in [0.25, 0.3) is 0 Å². The third-order valence-corrected chi connectivity index (χ3v) is 4.45. The van der Waals surface area contributed by atoms with Crippen molar-refractivity contribution < 1.29 is 0 Å². The van der Waals surface area contributed by atoms with Crippen LogP contribution >= 0.6 is 0 Å². The van der Waals surface area contributed by atoms with Gasteiger partial charge in [-0.1, -0.05) is 38.5 Å². The van der Waals surface area contributed by atoms with Gasteiger partial charge < -0.3 is 10.6 Å². The fourth-order valence-corrected chi connectivity index (χ4v) is 2.62. The van der Waals surface area contributed by atoms with Crippen LogP contribution in [0.3, 0.4) is 0 Å². The zero-order chi connectivity index (χ0) is 13.7. The molecule has 0 amide bonds. The van der Waals surface area contributed by atoms with Gasteiger partial charge in [0.15, 0.2) is 0 Å². The average Bonchev–Trinajstić information content (AvgIpc) is 2.33. The van der Waals surface area contributed by atoms with Crippen molar-refractivity contribution in [2.24, 2.45) is 11.8 Å². The molecular weight excluding hydrogens is 232 g/mol. The highest BCUT2D eigenvalue weighted by atomic mass is 15.0. The SMILES string of the molecule is CC(C)C(CNC(C)C1CCC1)Nc1ccccc1. The number of hydrogen-bond acceptors (Lipinski definition) is 2. The molecule has 0 spiro atoms. The van der Waals surface area contributed by atoms with Gasteiger partial charge in [0.1, 0.15) is 0 Å². The second-order valence-electron chi connectivity index (χ2n) is 6.25. The summed E-state index contributed by atoms with van der Waals surface area (Å²) in [6, 6.07) is 11.7. The highest BCUT2D eigenvalue weighted by Crippen LogP contribution is 2.29. The minimum absolute atomic E-state index is 0.491. The van der Waals surface area contributed by atoms with E-state index >= 15 is 0 Å². The van der Waals surface area contributed by atoms with Gasteiger partial charge in [-0.3, -0.25) is 0 Å². The first kappa shape index (κ1) is 14.4. The molecule has 1 aliphatic rings. The highest BCUT2D eigenvalue weighted by Gasteiger charge is 2.24. The fraction of sp³-hybridized carbons (Fsp3) is 0.647. The fourth-order valence-electron chi connectivity index (χ4n) is 2.62. The highest BCUT2D eigenvalue weighted by molar-refractivity contribution is 5.43. The van der Waals surface area contributed by atoms with Crippen molar-refractivity contribution in [1.29, 1.82) is 0 Å². The van der Waals surface area contributed by atoms with Crippen molar-refractivity contribution in [2.45, 2.75) is 52.1 Å². The van der Waals surface area contributed by atoms with E-state index < -0.39 is 0 Å². The molecule has 1 aromatic rings. The van der Waals surface area contributed by atoms with Gasteiger partial charge in [-0.25, -0.2) is 0 Å². The number of hydrogen-bond donors (Lipinski definition) is 2. The third-order valence-electron chi connectivity index (χ3n) is 4.45. The standard InChI is InChI=1S/C17H28N2/c1-13(2)17(19-16-10-5-4-6-11-16)12-18-14(3)15-8-7-9-15/h4-6,10-11,13-15,17-19H,7-9,12H2,1-3H3. The lowest BCUT2D eigenvalue weighted by Gasteiger charge is -2.34. The lowest BCUT2D eigenvalue weighted by atomic mass is 9.80. The zero-order valence-corrected chi connectivity index (χ0v) is 12.5. The second-order valence-corrected chi connectivity index (χ2v) is 6.25. The molecule has 1 aliphatic carbocycles. The Morgan fingerprint density at radius 2 is 1.79 bits per heavy atom. The van der Waals surface area contributed by atoms with E-state index in [4.69, 9.17) is 0 Å². The molecule has 0 aliphatic heterocycles. The summed E-state index contributed by atoms with van der Waals surface area (Å²) >= 11 is 0. The quantitative estimate of drug-likeness (QED) is 0.777. The van der Waals surface area contributed by atoms with Crippen LogP contribution in [0.2, 0.25) is 0 Å². The summed E-state index contributed by atoms with van der Waals surface area (Å²) in [6.45, 7) is 7.96. The number of rotatable bonds is 7. The van der Waals surface area contributed by atoms with Gasteiger partial charge >= 0.3 is 0 Å². The zero-order valence-electron chi connectivity index (χ0n) is 12.5. The first-order valence-corrected chi connectivity index (χ1v) is 7.72. The Morgan fingerprint density at radius 3 is 2.32 bits per heavy atom. The van der Waals surface area contributed by atoms with Gasteiger partial charge in [-0.2, -0.15) is 0 Å². The summed E-state index contributed by atoms with van der Waals surface area (Å²) < 4.78 is 0. The molecule has 2 rings (SSSR count). The maximum atomic E-state index is 3.72. The van der Waals surface area contributed by atoms with Gasteiger partial charge in [-0.05, 0) is 43.7 Å². The number of para-hydroxylation sites is 1. The summed E-state index contributed by atoms with van der Waals surface area (Å²) in [6.07, 6.45) is 4.24. The molecule has 2 N–H and O–H groups in total. The molecule has 2 unspecified atom stereocenters. The molecule has 0 radical (unpaired) electrons. The second kappa shape index (κ2) is 6.95. The van der Waals surface area contributed by atoms with Crippen LogP contribution in [0.15, 0.2) is 30.3 Å². The lowest BCUT2D eigenvalue weighted by molar-refractivity contribution is 0.237. The predicted molar refractivity (Wildman–Crippen MR) is 83.5 cm³/mol. The summed E-state index contributed by atoms with van der Waals surface area (Å²) in [5, 5.41) is 7.37. The molecular formula is C17H28N2. The molecule has 1 saturated carbocycles. The Kier molecular flexibility index (Phi) is 5.26. The van der Waals surface area contributed by atoms with Gasteiger partial charge in [0, 0.05) is 24.3 Å². The van der Waals surface area contributed by atoms with Crippen molar-refractivity contribution in [3.05, 3.63) is 30.3 Å². The van der Waals surface area contributed by atoms with Gasteiger partial charge in [-0.15, -0.1) is 0 Å². The number of benzene rings is 1. The predicted octanol–water partition coefficient (Wildman–Crippen LogP) is 3.90. The largest absolute Gasteiger partial charge is 0.381 e. The lowest BCUT2D eigenvalue weighted by Crippen LogP contribution is -2.44. The van der Waals surface area contributed by atoms with Gasteiger partial charge in [0.05, 0.1) is 0 Å². The Balaban J connectivity index is 1.82. The van der Waals surface area contributed by atoms with Crippen LogP contribution in [0.1, 0.15) is 40.0 Å². The van der Waals surface area contributed by atoms with Crippen LogP contribution < -0.4 is 10.6 Å². The van der Waals surface area contributed by atoms with Crippen LogP contribution in [0.25, 0.3) is 0 Å². The number of nitrogens with one attached hydrogen (secondary N) is 2.